The summed E-state index contributed by atoms with van der Waals surface area (Å²) in [7, 11) is 1.61. The number of carbonyl (C=O) groups excluding carboxylic acids is 1. The number of anilines is 1. The zero-order valence-corrected chi connectivity index (χ0v) is 17.5. The standard InChI is InChI=1S/C22H20F5N5O/c1-32-30-19(29-31-32)14-7-5-13(6-8-14)18(15-9-10-21(23,24)12-15)20(33)28-17-4-2-3-16(11-17)22(25,26)27/h2-8,11,15,18H,9-10,12H2,1H3,(H,28,33). The minimum Gasteiger partial charge on any atom is -0.326 e. The molecule has 11 heteroatoms. The number of hydrogen-bond acceptors (Lipinski definition) is 4. The van der Waals surface area contributed by atoms with E-state index in [-0.39, 0.29) is 18.5 Å². The van der Waals surface area contributed by atoms with E-state index in [1.807, 2.05) is 0 Å². The van der Waals surface area contributed by atoms with Crippen molar-refractivity contribution in [1.82, 2.24) is 20.2 Å². The van der Waals surface area contributed by atoms with Crippen molar-refractivity contribution in [3.05, 3.63) is 59.7 Å². The molecule has 1 aliphatic rings. The molecule has 1 heterocycles. The topological polar surface area (TPSA) is 72.7 Å². The van der Waals surface area contributed by atoms with Crippen LogP contribution in [-0.2, 0) is 18.0 Å². The zero-order valence-electron chi connectivity index (χ0n) is 17.5. The summed E-state index contributed by atoms with van der Waals surface area (Å²) in [5.41, 5.74) is 0.144. The molecule has 174 valence electrons. The summed E-state index contributed by atoms with van der Waals surface area (Å²) in [6.07, 6.45) is -5.26. The normalized spacial score (nSPS) is 18.8. The Morgan fingerprint density at radius 2 is 1.91 bits per heavy atom. The predicted molar refractivity (Wildman–Crippen MR) is 109 cm³/mol. The number of rotatable bonds is 5. The quantitative estimate of drug-likeness (QED) is 0.535. The van der Waals surface area contributed by atoms with Gasteiger partial charge in [0.25, 0.3) is 0 Å². The van der Waals surface area contributed by atoms with E-state index in [1.165, 1.54) is 16.9 Å². The summed E-state index contributed by atoms with van der Waals surface area (Å²) in [6, 6.07) is 10.8. The number of carbonyl (C=O) groups is 1. The molecule has 1 amide bonds. The molecule has 2 aromatic carbocycles. The molecule has 4 rings (SSSR count). The lowest BCUT2D eigenvalue weighted by atomic mass is 9.83. The summed E-state index contributed by atoms with van der Waals surface area (Å²) >= 11 is 0. The number of tetrazole rings is 1. The van der Waals surface area contributed by atoms with Crippen LogP contribution in [-0.4, -0.2) is 32.0 Å². The highest BCUT2D eigenvalue weighted by Crippen LogP contribution is 2.46. The molecule has 0 spiro atoms. The van der Waals surface area contributed by atoms with Gasteiger partial charge in [-0.3, -0.25) is 4.79 Å². The van der Waals surface area contributed by atoms with Crippen LogP contribution in [0.4, 0.5) is 27.6 Å². The van der Waals surface area contributed by atoms with Crippen molar-refractivity contribution in [3.8, 4) is 11.4 Å². The van der Waals surface area contributed by atoms with Gasteiger partial charge in [-0.05, 0) is 41.3 Å². The number of aromatic nitrogens is 4. The molecule has 3 aromatic rings. The van der Waals surface area contributed by atoms with Gasteiger partial charge in [-0.15, -0.1) is 10.2 Å². The van der Waals surface area contributed by atoms with E-state index in [1.54, 1.807) is 31.3 Å². The van der Waals surface area contributed by atoms with Gasteiger partial charge in [0.2, 0.25) is 17.7 Å². The Labute approximate surface area is 185 Å². The maximum Gasteiger partial charge on any atom is 0.416 e. The minimum absolute atomic E-state index is 0.0510. The number of alkyl halides is 5. The first-order valence-electron chi connectivity index (χ1n) is 10.2. The number of hydrogen-bond donors (Lipinski definition) is 1. The maximum absolute atomic E-state index is 14.0. The third-order valence-corrected chi connectivity index (χ3v) is 5.69. The molecule has 0 bridgehead atoms. The monoisotopic (exact) mass is 465 g/mol. The van der Waals surface area contributed by atoms with Crippen LogP contribution in [0.15, 0.2) is 48.5 Å². The molecule has 2 unspecified atom stereocenters. The van der Waals surface area contributed by atoms with Crippen LogP contribution < -0.4 is 5.32 Å². The summed E-state index contributed by atoms with van der Waals surface area (Å²) in [4.78, 5) is 14.4. The zero-order chi connectivity index (χ0) is 23.8. The molecule has 0 aliphatic heterocycles. The first-order valence-corrected chi connectivity index (χ1v) is 10.2. The molecule has 1 aliphatic carbocycles. The van der Waals surface area contributed by atoms with E-state index in [2.05, 4.69) is 20.7 Å². The molecular weight excluding hydrogens is 445 g/mol. The number of benzene rings is 2. The Bertz CT molecular complexity index is 1140. The van der Waals surface area contributed by atoms with Gasteiger partial charge in [0.1, 0.15) is 0 Å². The summed E-state index contributed by atoms with van der Waals surface area (Å²) in [6.45, 7) is 0. The number of amides is 1. The van der Waals surface area contributed by atoms with Gasteiger partial charge in [-0.25, -0.2) is 8.78 Å². The van der Waals surface area contributed by atoms with Crippen molar-refractivity contribution in [2.75, 3.05) is 5.32 Å². The van der Waals surface area contributed by atoms with Gasteiger partial charge in [0.15, 0.2) is 0 Å². The number of halogens is 5. The second-order valence-corrected chi connectivity index (χ2v) is 8.13. The van der Waals surface area contributed by atoms with Gasteiger partial charge in [-0.1, -0.05) is 30.3 Å². The van der Waals surface area contributed by atoms with Crippen LogP contribution in [0.5, 0.6) is 0 Å². The third-order valence-electron chi connectivity index (χ3n) is 5.69. The second kappa shape index (κ2) is 8.53. The molecule has 6 nitrogen and oxygen atoms in total. The Balaban J connectivity index is 1.62. The SMILES string of the molecule is Cn1nnc(-c2ccc(C(C(=O)Nc3cccc(C(F)(F)F)c3)C3CCC(F)(F)C3)cc2)n1. The third kappa shape index (κ3) is 5.18. The van der Waals surface area contributed by atoms with E-state index in [0.29, 0.717) is 17.0 Å². The van der Waals surface area contributed by atoms with Gasteiger partial charge < -0.3 is 5.32 Å². The lowest BCUT2D eigenvalue weighted by Crippen LogP contribution is -2.27. The summed E-state index contributed by atoms with van der Waals surface area (Å²) in [5, 5.41) is 14.2. The second-order valence-electron chi connectivity index (χ2n) is 8.13. The lowest BCUT2D eigenvalue weighted by molar-refractivity contribution is -0.137. The van der Waals surface area contributed by atoms with Crippen molar-refractivity contribution in [1.29, 1.82) is 0 Å². The fourth-order valence-electron chi connectivity index (χ4n) is 4.14. The van der Waals surface area contributed by atoms with Gasteiger partial charge >= 0.3 is 6.18 Å². The molecule has 2 atom stereocenters. The Hall–Kier alpha value is -3.37. The van der Waals surface area contributed by atoms with E-state index in [4.69, 9.17) is 0 Å². The van der Waals surface area contributed by atoms with Crippen LogP contribution in [0.25, 0.3) is 11.4 Å². The number of aryl methyl sites for hydroxylation is 1. The Morgan fingerprint density at radius 3 is 2.48 bits per heavy atom. The lowest BCUT2D eigenvalue weighted by Gasteiger charge is -2.24. The summed E-state index contributed by atoms with van der Waals surface area (Å²) < 4.78 is 67.0. The van der Waals surface area contributed by atoms with Crippen LogP contribution in [0.2, 0.25) is 0 Å². The van der Waals surface area contributed by atoms with Crippen LogP contribution in [0.1, 0.15) is 36.3 Å². The average molecular weight is 465 g/mol. The molecule has 0 saturated heterocycles. The molecule has 1 aromatic heterocycles. The average Bonchev–Trinajstić information content (AvgIpc) is 3.33. The minimum atomic E-state index is -4.57. The first kappa shape index (κ1) is 22.8. The molecule has 1 saturated carbocycles. The van der Waals surface area contributed by atoms with Crippen molar-refractivity contribution >= 4 is 11.6 Å². The highest BCUT2D eigenvalue weighted by molar-refractivity contribution is 5.96. The van der Waals surface area contributed by atoms with Crippen molar-refractivity contribution < 1.29 is 26.7 Å². The summed E-state index contributed by atoms with van der Waals surface area (Å²) in [5.74, 6) is -4.78. The predicted octanol–water partition coefficient (Wildman–Crippen LogP) is 5.05. The number of nitrogens with zero attached hydrogens (tertiary/aromatic N) is 4. The highest BCUT2D eigenvalue weighted by Gasteiger charge is 2.45. The fourth-order valence-corrected chi connectivity index (χ4v) is 4.14. The van der Waals surface area contributed by atoms with E-state index < -0.39 is 41.8 Å². The highest BCUT2D eigenvalue weighted by atomic mass is 19.4. The molecule has 0 radical (unpaired) electrons. The first-order chi connectivity index (χ1) is 15.5. The van der Waals surface area contributed by atoms with Crippen molar-refractivity contribution in [3.63, 3.8) is 0 Å². The molecular formula is C22H20F5N5O. The van der Waals surface area contributed by atoms with E-state index in [9.17, 15) is 26.7 Å². The van der Waals surface area contributed by atoms with E-state index in [0.717, 1.165) is 12.1 Å². The van der Waals surface area contributed by atoms with Crippen molar-refractivity contribution in [2.24, 2.45) is 13.0 Å². The van der Waals surface area contributed by atoms with Gasteiger partial charge in [-0.2, -0.15) is 18.0 Å². The van der Waals surface area contributed by atoms with Gasteiger partial charge in [0, 0.05) is 24.1 Å². The van der Waals surface area contributed by atoms with Crippen LogP contribution in [0.3, 0.4) is 0 Å². The molecule has 1 N–H and O–H groups in total. The largest absolute Gasteiger partial charge is 0.416 e. The van der Waals surface area contributed by atoms with Crippen LogP contribution in [0, 0.1) is 5.92 Å². The molecule has 1 fully saturated rings. The Kier molecular flexibility index (Phi) is 5.89. The van der Waals surface area contributed by atoms with Crippen LogP contribution >= 0.6 is 0 Å². The maximum atomic E-state index is 14.0. The Morgan fingerprint density at radius 1 is 1.18 bits per heavy atom. The van der Waals surface area contributed by atoms with Crippen molar-refractivity contribution in [2.45, 2.75) is 37.3 Å². The number of nitrogens with one attached hydrogen (secondary N) is 1. The molecule has 33 heavy (non-hydrogen) atoms. The smallest absolute Gasteiger partial charge is 0.326 e. The fraction of sp³-hybridized carbons (Fsp3) is 0.364. The van der Waals surface area contributed by atoms with E-state index >= 15 is 0 Å². The van der Waals surface area contributed by atoms with Gasteiger partial charge in [0.05, 0.1) is 18.5 Å².